The number of nitrogens with zero attached hydrogens (tertiary/aromatic N) is 2. The summed E-state index contributed by atoms with van der Waals surface area (Å²) in [5.41, 5.74) is 0.919. The average Bonchev–Trinajstić information content (AvgIpc) is 2.64. The van der Waals surface area contributed by atoms with Crippen molar-refractivity contribution >= 4 is 26.6 Å². The van der Waals surface area contributed by atoms with Gasteiger partial charge in [0.25, 0.3) is 15.6 Å². The fourth-order valence-electron chi connectivity index (χ4n) is 2.89. The highest BCUT2D eigenvalue weighted by Crippen LogP contribution is 2.21. The van der Waals surface area contributed by atoms with E-state index in [0.29, 0.717) is 17.1 Å². The molecule has 0 aliphatic rings. The second-order valence-corrected chi connectivity index (χ2v) is 8.45. The van der Waals surface area contributed by atoms with Gasteiger partial charge in [0.2, 0.25) is 0 Å². The average molecular weight is 387 g/mol. The normalized spacial score (nSPS) is 11.9. The molecule has 0 bridgehead atoms. The van der Waals surface area contributed by atoms with Crippen LogP contribution in [0.2, 0.25) is 0 Å². The molecule has 1 heterocycles. The van der Waals surface area contributed by atoms with Gasteiger partial charge in [-0.15, -0.1) is 0 Å². The lowest BCUT2D eigenvalue weighted by Crippen LogP contribution is -2.37. The van der Waals surface area contributed by atoms with Crippen LogP contribution >= 0.6 is 0 Å². The summed E-state index contributed by atoms with van der Waals surface area (Å²) < 4.78 is 30.2. The Hall–Kier alpha value is -2.87. The van der Waals surface area contributed by atoms with Crippen molar-refractivity contribution in [3.63, 3.8) is 0 Å². The first-order chi connectivity index (χ1) is 12.6. The van der Waals surface area contributed by atoms with E-state index in [2.05, 4.69) is 18.6 Å². The highest BCUT2D eigenvalue weighted by atomic mass is 32.2. The number of fused-ring (bicyclic) bond motifs is 1. The third kappa shape index (κ3) is 3.40. The lowest BCUT2D eigenvalue weighted by atomic mass is 10.0. The van der Waals surface area contributed by atoms with E-state index in [1.165, 1.54) is 36.9 Å². The number of sulfonamides is 1. The number of rotatable bonds is 4. The highest BCUT2D eigenvalue weighted by Gasteiger charge is 2.17. The van der Waals surface area contributed by atoms with Crippen LogP contribution in [0.15, 0.2) is 56.9 Å². The van der Waals surface area contributed by atoms with Gasteiger partial charge in [-0.05, 0) is 41.8 Å². The van der Waals surface area contributed by atoms with Gasteiger partial charge in [0.1, 0.15) is 0 Å². The topological polar surface area (TPSA) is 90.2 Å². The first-order valence-electron chi connectivity index (χ1n) is 8.44. The fraction of sp³-hybridized carbons (Fsp3) is 0.263. The number of benzene rings is 2. The Labute approximate surface area is 156 Å². The Morgan fingerprint density at radius 2 is 1.56 bits per heavy atom. The summed E-state index contributed by atoms with van der Waals surface area (Å²) in [7, 11) is -0.981. The quantitative estimate of drug-likeness (QED) is 0.743. The van der Waals surface area contributed by atoms with E-state index < -0.39 is 21.3 Å². The molecule has 1 N–H and O–H groups in total. The first-order valence-corrected chi connectivity index (χ1v) is 9.92. The van der Waals surface area contributed by atoms with Crippen LogP contribution in [0.25, 0.3) is 10.9 Å². The van der Waals surface area contributed by atoms with Crippen LogP contribution in [-0.2, 0) is 24.1 Å². The Morgan fingerprint density at radius 1 is 0.926 bits per heavy atom. The maximum Gasteiger partial charge on any atom is 0.330 e. The summed E-state index contributed by atoms with van der Waals surface area (Å²) in [6.07, 6.45) is 0. The summed E-state index contributed by atoms with van der Waals surface area (Å²) >= 11 is 0. The SMILES string of the molecule is CC(C)c1ccc(NS(=O)(=O)c2ccc3c(c2)c(=O)n(C)c(=O)n3C)cc1. The largest absolute Gasteiger partial charge is 0.330 e. The zero-order chi connectivity index (χ0) is 19.9. The lowest BCUT2D eigenvalue weighted by molar-refractivity contribution is 0.601. The van der Waals surface area contributed by atoms with Crippen LogP contribution in [0, 0.1) is 0 Å². The number of nitrogens with one attached hydrogen (secondary N) is 1. The van der Waals surface area contributed by atoms with Crippen LogP contribution < -0.4 is 16.0 Å². The molecule has 0 amide bonds. The molecular formula is C19H21N3O4S. The summed E-state index contributed by atoms with van der Waals surface area (Å²) in [5.74, 6) is 0.346. The molecule has 0 atom stereocenters. The lowest BCUT2D eigenvalue weighted by Gasteiger charge is -2.12. The van der Waals surface area contributed by atoms with Gasteiger partial charge in [0.15, 0.2) is 0 Å². The minimum atomic E-state index is -3.88. The summed E-state index contributed by atoms with van der Waals surface area (Å²) in [4.78, 5) is 24.3. The van der Waals surface area contributed by atoms with Crippen LogP contribution in [0.4, 0.5) is 5.69 Å². The molecule has 3 rings (SSSR count). The number of aryl methyl sites for hydroxylation is 1. The number of anilines is 1. The van der Waals surface area contributed by atoms with Gasteiger partial charge in [-0.3, -0.25) is 18.7 Å². The van der Waals surface area contributed by atoms with Crippen molar-refractivity contribution < 1.29 is 8.42 Å². The molecule has 1 aromatic heterocycles. The molecule has 0 aliphatic heterocycles. The third-order valence-corrected chi connectivity index (χ3v) is 5.96. The smallest absolute Gasteiger partial charge is 0.296 e. The van der Waals surface area contributed by atoms with Gasteiger partial charge in [-0.25, -0.2) is 13.2 Å². The summed E-state index contributed by atoms with van der Waals surface area (Å²) in [6.45, 7) is 4.12. The van der Waals surface area contributed by atoms with Crippen molar-refractivity contribution in [1.82, 2.24) is 9.13 Å². The van der Waals surface area contributed by atoms with Gasteiger partial charge in [-0.1, -0.05) is 26.0 Å². The molecule has 0 spiro atoms. The highest BCUT2D eigenvalue weighted by molar-refractivity contribution is 7.92. The predicted molar refractivity (Wildman–Crippen MR) is 106 cm³/mol. The molecule has 0 radical (unpaired) electrons. The third-order valence-electron chi connectivity index (χ3n) is 4.58. The van der Waals surface area contributed by atoms with E-state index in [4.69, 9.17) is 0 Å². The van der Waals surface area contributed by atoms with Crippen molar-refractivity contribution in [3.05, 3.63) is 68.9 Å². The molecule has 7 nitrogen and oxygen atoms in total. The van der Waals surface area contributed by atoms with E-state index in [9.17, 15) is 18.0 Å². The zero-order valence-corrected chi connectivity index (χ0v) is 16.4. The van der Waals surface area contributed by atoms with E-state index in [-0.39, 0.29) is 10.3 Å². The predicted octanol–water partition coefficient (Wildman–Crippen LogP) is 2.16. The first kappa shape index (κ1) is 18.9. The molecule has 27 heavy (non-hydrogen) atoms. The van der Waals surface area contributed by atoms with Gasteiger partial charge in [-0.2, -0.15) is 0 Å². The molecule has 0 fully saturated rings. The van der Waals surface area contributed by atoms with Gasteiger partial charge >= 0.3 is 5.69 Å². The van der Waals surface area contributed by atoms with E-state index in [0.717, 1.165) is 10.1 Å². The molecule has 142 valence electrons. The zero-order valence-electron chi connectivity index (χ0n) is 15.6. The second kappa shape index (κ2) is 6.70. The van der Waals surface area contributed by atoms with Crippen LogP contribution in [-0.4, -0.2) is 17.6 Å². The molecular weight excluding hydrogens is 366 g/mol. The second-order valence-electron chi connectivity index (χ2n) is 6.77. The van der Waals surface area contributed by atoms with Crippen LogP contribution in [0.5, 0.6) is 0 Å². The maximum atomic E-state index is 12.7. The van der Waals surface area contributed by atoms with E-state index >= 15 is 0 Å². The molecule has 2 aromatic carbocycles. The maximum absolute atomic E-state index is 12.7. The standard InChI is InChI=1S/C19H21N3O4S/c1-12(2)13-5-7-14(8-6-13)20-27(25,26)15-9-10-17-16(11-15)18(23)22(4)19(24)21(17)3/h5-12,20H,1-4H3. The molecule has 0 saturated heterocycles. The molecule has 3 aromatic rings. The summed E-state index contributed by atoms with van der Waals surface area (Å²) in [6, 6.07) is 11.3. The van der Waals surface area contributed by atoms with Crippen LogP contribution in [0.1, 0.15) is 25.3 Å². The number of hydrogen-bond acceptors (Lipinski definition) is 4. The Morgan fingerprint density at radius 3 is 2.15 bits per heavy atom. The van der Waals surface area contributed by atoms with Gasteiger partial charge in [0.05, 0.1) is 15.8 Å². The van der Waals surface area contributed by atoms with Crippen molar-refractivity contribution in [2.24, 2.45) is 14.1 Å². The fourth-order valence-corrected chi connectivity index (χ4v) is 3.98. The van der Waals surface area contributed by atoms with Crippen LogP contribution in [0.3, 0.4) is 0 Å². The van der Waals surface area contributed by atoms with Crippen molar-refractivity contribution in [1.29, 1.82) is 0 Å². The number of hydrogen-bond donors (Lipinski definition) is 1. The Balaban J connectivity index is 2.05. The van der Waals surface area contributed by atoms with Gasteiger partial charge < -0.3 is 0 Å². The number of aromatic nitrogens is 2. The summed E-state index contributed by atoms with van der Waals surface area (Å²) in [5, 5.41) is 0.164. The van der Waals surface area contributed by atoms with Gasteiger partial charge in [0, 0.05) is 19.8 Å². The van der Waals surface area contributed by atoms with Crippen molar-refractivity contribution in [3.8, 4) is 0 Å². The minimum absolute atomic E-state index is 0.0429. The molecule has 8 heteroatoms. The Kier molecular flexibility index (Phi) is 4.69. The Bertz CT molecular complexity index is 1240. The van der Waals surface area contributed by atoms with E-state index in [1.807, 2.05) is 12.1 Å². The minimum Gasteiger partial charge on any atom is -0.296 e. The molecule has 0 unspecified atom stereocenters. The van der Waals surface area contributed by atoms with E-state index in [1.54, 1.807) is 12.1 Å². The van der Waals surface area contributed by atoms with Crippen molar-refractivity contribution in [2.75, 3.05) is 4.72 Å². The monoisotopic (exact) mass is 387 g/mol. The molecule has 0 saturated carbocycles. The van der Waals surface area contributed by atoms with Crippen molar-refractivity contribution in [2.45, 2.75) is 24.7 Å². The molecule has 0 aliphatic carbocycles.